The molecule has 1 rings (SSSR count). The van der Waals surface area contributed by atoms with Crippen molar-refractivity contribution in [2.45, 2.75) is 24.9 Å². The van der Waals surface area contributed by atoms with Gasteiger partial charge >= 0.3 is 29.6 Å². The predicted molar refractivity (Wildman–Crippen MR) is 39.8 cm³/mol. The maximum Gasteiger partial charge on any atom is 1.00 e. The summed E-state index contributed by atoms with van der Waals surface area (Å²) in [5.74, 6) is 0. The van der Waals surface area contributed by atoms with E-state index in [0.29, 0.717) is 0 Å². The van der Waals surface area contributed by atoms with Crippen LogP contribution in [-0.2, 0) is 11.1 Å². The molecule has 1 aromatic rings. The normalized spacial score (nSPS) is 12.7. The van der Waals surface area contributed by atoms with Gasteiger partial charge in [0.15, 0.2) is 0 Å². The molecule has 4 nitrogen and oxygen atoms in total. The van der Waals surface area contributed by atoms with Crippen LogP contribution < -0.4 is 29.6 Å². The molecule has 0 aliphatic rings. The van der Waals surface area contributed by atoms with Gasteiger partial charge < -0.3 is 4.55 Å². The van der Waals surface area contributed by atoms with Gasteiger partial charge in [-0.2, -0.15) is 5.10 Å². The van der Waals surface area contributed by atoms with Gasteiger partial charge in [-0.25, -0.2) is 0 Å². The molecule has 0 aromatic carbocycles. The Morgan fingerprint density at radius 3 is 2.50 bits per heavy atom. The SMILES string of the molecule is CC(C)n1ccc(S(=O)[O-])n1.[Na+]. The van der Waals surface area contributed by atoms with Gasteiger partial charge in [0.1, 0.15) is 5.03 Å². The first-order chi connectivity index (χ1) is 5.11. The first-order valence-electron chi connectivity index (χ1n) is 3.25. The summed E-state index contributed by atoms with van der Waals surface area (Å²) >= 11 is -2.21. The summed E-state index contributed by atoms with van der Waals surface area (Å²) in [5, 5.41) is 3.91. The van der Waals surface area contributed by atoms with Crippen LogP contribution >= 0.6 is 0 Å². The smallest absolute Gasteiger partial charge is 0.767 e. The zero-order chi connectivity index (χ0) is 8.43. The number of nitrogens with zero attached hydrogens (tertiary/aromatic N) is 2. The van der Waals surface area contributed by atoms with Gasteiger partial charge in [0.05, 0.1) is 0 Å². The standard InChI is InChI=1S/C6H10N2O2S.Na/c1-5(2)8-4-3-6(7-8)11(9)10;/h3-5H,1-2H3,(H,9,10);/q;+1/p-1. The third-order valence-electron chi connectivity index (χ3n) is 1.28. The molecule has 12 heavy (non-hydrogen) atoms. The van der Waals surface area contributed by atoms with Crippen LogP contribution in [0.15, 0.2) is 17.3 Å². The van der Waals surface area contributed by atoms with E-state index in [-0.39, 0.29) is 40.6 Å². The summed E-state index contributed by atoms with van der Waals surface area (Å²) < 4.78 is 22.3. The topological polar surface area (TPSA) is 58.0 Å². The van der Waals surface area contributed by atoms with Gasteiger partial charge in [0.25, 0.3) is 0 Å². The van der Waals surface area contributed by atoms with Crippen molar-refractivity contribution in [3.63, 3.8) is 0 Å². The number of rotatable bonds is 2. The zero-order valence-corrected chi connectivity index (χ0v) is 10.2. The second kappa shape index (κ2) is 5.14. The summed E-state index contributed by atoms with van der Waals surface area (Å²) in [6.45, 7) is 3.87. The van der Waals surface area contributed by atoms with Crippen molar-refractivity contribution in [2.75, 3.05) is 0 Å². The van der Waals surface area contributed by atoms with Crippen molar-refractivity contribution in [1.29, 1.82) is 0 Å². The predicted octanol–water partition coefficient (Wildman–Crippen LogP) is -2.29. The fourth-order valence-corrected chi connectivity index (χ4v) is 1.03. The van der Waals surface area contributed by atoms with Crippen LogP contribution in [0.5, 0.6) is 0 Å². The molecule has 0 saturated heterocycles. The fourth-order valence-electron chi connectivity index (χ4n) is 0.697. The summed E-state index contributed by atoms with van der Waals surface area (Å²) in [6, 6.07) is 1.68. The molecule has 0 fully saturated rings. The Bertz CT molecular complexity index is 274. The summed E-state index contributed by atoms with van der Waals surface area (Å²) in [7, 11) is 0. The van der Waals surface area contributed by atoms with E-state index in [9.17, 15) is 8.76 Å². The maximum atomic E-state index is 10.4. The van der Waals surface area contributed by atoms with Crippen LogP contribution in [0.2, 0.25) is 0 Å². The van der Waals surface area contributed by atoms with Crippen molar-refractivity contribution in [2.24, 2.45) is 0 Å². The largest absolute Gasteiger partial charge is 1.00 e. The van der Waals surface area contributed by atoms with E-state index in [1.165, 1.54) is 6.07 Å². The van der Waals surface area contributed by atoms with Gasteiger partial charge in [0.2, 0.25) is 0 Å². The van der Waals surface area contributed by atoms with Crippen LogP contribution in [0.4, 0.5) is 0 Å². The van der Waals surface area contributed by atoms with Gasteiger partial charge in [-0.1, -0.05) is 0 Å². The van der Waals surface area contributed by atoms with Crippen LogP contribution in [0.1, 0.15) is 19.9 Å². The van der Waals surface area contributed by atoms with Gasteiger partial charge in [-0.3, -0.25) is 8.89 Å². The average molecular weight is 196 g/mol. The molecule has 0 saturated carbocycles. The first-order valence-corrected chi connectivity index (χ1v) is 4.33. The maximum absolute atomic E-state index is 10.4. The minimum absolute atomic E-state index is 0. The van der Waals surface area contributed by atoms with E-state index in [2.05, 4.69) is 5.10 Å². The van der Waals surface area contributed by atoms with Crippen LogP contribution in [0, 0.1) is 0 Å². The molecule has 1 aromatic heterocycles. The molecular formula is C6H9N2NaO2S. The van der Waals surface area contributed by atoms with E-state index in [1.807, 2.05) is 13.8 Å². The molecule has 1 heterocycles. The minimum Gasteiger partial charge on any atom is -0.767 e. The van der Waals surface area contributed by atoms with E-state index < -0.39 is 11.1 Å². The van der Waals surface area contributed by atoms with Crippen LogP contribution in [-0.4, -0.2) is 18.5 Å². The van der Waals surface area contributed by atoms with E-state index in [1.54, 1.807) is 10.9 Å². The molecule has 6 heteroatoms. The Labute approximate surface area is 95.9 Å². The van der Waals surface area contributed by atoms with Crippen molar-refractivity contribution in [1.82, 2.24) is 9.78 Å². The molecule has 1 atom stereocenters. The molecule has 0 N–H and O–H groups in total. The van der Waals surface area contributed by atoms with Gasteiger partial charge in [-0.05, 0) is 31.0 Å². The average Bonchev–Trinajstić information content (AvgIpc) is 2.33. The second-order valence-corrected chi connectivity index (χ2v) is 3.35. The molecule has 0 amide bonds. The Morgan fingerprint density at radius 2 is 2.25 bits per heavy atom. The molecule has 0 radical (unpaired) electrons. The first kappa shape index (κ1) is 12.3. The van der Waals surface area contributed by atoms with Crippen molar-refractivity contribution in [3.8, 4) is 0 Å². The van der Waals surface area contributed by atoms with Crippen molar-refractivity contribution in [3.05, 3.63) is 12.3 Å². The third-order valence-corrected chi connectivity index (χ3v) is 1.84. The van der Waals surface area contributed by atoms with Gasteiger partial charge in [-0.15, -0.1) is 0 Å². The molecule has 0 spiro atoms. The summed E-state index contributed by atoms with van der Waals surface area (Å²) in [5.41, 5.74) is 0. The Balaban J connectivity index is 0.00000121. The Hall–Kier alpha value is 0.320. The molecule has 1 unspecified atom stereocenters. The van der Waals surface area contributed by atoms with Crippen LogP contribution in [0.25, 0.3) is 0 Å². The van der Waals surface area contributed by atoms with Crippen molar-refractivity contribution >= 4 is 11.1 Å². The minimum atomic E-state index is -2.21. The van der Waals surface area contributed by atoms with Crippen LogP contribution in [0.3, 0.4) is 0 Å². The third kappa shape index (κ3) is 2.99. The second-order valence-electron chi connectivity index (χ2n) is 2.46. The Morgan fingerprint density at radius 1 is 1.67 bits per heavy atom. The molecule has 0 bridgehead atoms. The molecule has 0 aliphatic heterocycles. The Kier molecular flexibility index (Phi) is 5.27. The molecular weight excluding hydrogens is 187 g/mol. The number of hydrogen-bond acceptors (Lipinski definition) is 3. The fraction of sp³-hybridized carbons (Fsp3) is 0.500. The van der Waals surface area contributed by atoms with E-state index in [0.717, 1.165) is 0 Å². The summed E-state index contributed by atoms with van der Waals surface area (Å²) in [4.78, 5) is 0. The molecule has 62 valence electrons. The van der Waals surface area contributed by atoms with E-state index in [4.69, 9.17) is 0 Å². The van der Waals surface area contributed by atoms with Crippen molar-refractivity contribution < 1.29 is 38.3 Å². The quantitative estimate of drug-likeness (QED) is 0.395. The monoisotopic (exact) mass is 196 g/mol. The zero-order valence-electron chi connectivity index (χ0n) is 7.35. The molecule has 0 aliphatic carbocycles. The van der Waals surface area contributed by atoms with Gasteiger partial charge in [0, 0.05) is 12.2 Å². The summed E-state index contributed by atoms with van der Waals surface area (Å²) in [6.07, 6.45) is 1.65. The van der Waals surface area contributed by atoms with E-state index >= 15 is 0 Å². The number of aromatic nitrogens is 2. The number of hydrogen-bond donors (Lipinski definition) is 0.